The fourth-order valence-corrected chi connectivity index (χ4v) is 4.52. The summed E-state index contributed by atoms with van der Waals surface area (Å²) >= 11 is 3.94. The van der Waals surface area contributed by atoms with Gasteiger partial charge in [0.2, 0.25) is 0 Å². The summed E-state index contributed by atoms with van der Waals surface area (Å²) in [4.78, 5) is 5.95. The first-order valence-electron chi connectivity index (χ1n) is 6.48. The summed E-state index contributed by atoms with van der Waals surface area (Å²) in [6.07, 6.45) is 4.10. The normalized spacial score (nSPS) is 24.4. The standard InChI is InChI=1S/C13H22N2S2/c1-4-16-12-7-5-6-11(12)14-8-13-15-9(2)10(3)17-13/h11-12,14H,4-8H2,1-3H3. The van der Waals surface area contributed by atoms with Crippen LogP contribution in [0.3, 0.4) is 0 Å². The Kier molecular flexibility index (Phi) is 4.88. The summed E-state index contributed by atoms with van der Waals surface area (Å²) in [5.41, 5.74) is 1.19. The maximum atomic E-state index is 4.59. The number of nitrogens with one attached hydrogen (secondary N) is 1. The quantitative estimate of drug-likeness (QED) is 0.886. The summed E-state index contributed by atoms with van der Waals surface area (Å²) in [5, 5.41) is 5.76. The van der Waals surface area contributed by atoms with Gasteiger partial charge in [-0.25, -0.2) is 4.98 Å². The molecule has 1 fully saturated rings. The van der Waals surface area contributed by atoms with E-state index in [0.717, 1.165) is 11.8 Å². The van der Waals surface area contributed by atoms with Gasteiger partial charge < -0.3 is 5.32 Å². The Bertz CT molecular complexity index is 343. The van der Waals surface area contributed by atoms with Gasteiger partial charge in [0.25, 0.3) is 0 Å². The molecule has 0 radical (unpaired) electrons. The lowest BCUT2D eigenvalue weighted by atomic mass is 10.2. The third-order valence-corrected chi connectivity index (χ3v) is 5.82. The number of nitrogens with zero attached hydrogens (tertiary/aromatic N) is 1. The molecule has 1 aromatic heterocycles. The molecule has 2 unspecified atom stereocenters. The van der Waals surface area contributed by atoms with Gasteiger partial charge in [0.1, 0.15) is 5.01 Å². The van der Waals surface area contributed by atoms with Gasteiger partial charge in [0.05, 0.1) is 5.69 Å². The number of aromatic nitrogens is 1. The van der Waals surface area contributed by atoms with E-state index in [4.69, 9.17) is 0 Å². The Balaban J connectivity index is 1.85. The van der Waals surface area contributed by atoms with Gasteiger partial charge in [-0.05, 0) is 32.4 Å². The van der Waals surface area contributed by atoms with Crippen molar-refractivity contribution in [3.63, 3.8) is 0 Å². The molecule has 0 saturated heterocycles. The van der Waals surface area contributed by atoms with Crippen LogP contribution in [0.15, 0.2) is 0 Å². The monoisotopic (exact) mass is 270 g/mol. The highest BCUT2D eigenvalue weighted by molar-refractivity contribution is 7.99. The Morgan fingerprint density at radius 3 is 2.88 bits per heavy atom. The number of hydrogen-bond donors (Lipinski definition) is 1. The average molecular weight is 270 g/mol. The Morgan fingerprint density at radius 1 is 1.41 bits per heavy atom. The molecule has 1 N–H and O–H groups in total. The first-order chi connectivity index (χ1) is 8.20. The first-order valence-corrected chi connectivity index (χ1v) is 8.35. The van der Waals surface area contributed by atoms with E-state index in [-0.39, 0.29) is 0 Å². The SMILES string of the molecule is CCSC1CCCC1NCc1nc(C)c(C)s1. The summed E-state index contributed by atoms with van der Waals surface area (Å²) in [6, 6.07) is 0.699. The van der Waals surface area contributed by atoms with Crippen molar-refractivity contribution in [1.82, 2.24) is 10.3 Å². The highest BCUT2D eigenvalue weighted by Gasteiger charge is 2.26. The van der Waals surface area contributed by atoms with Crippen molar-refractivity contribution in [2.45, 2.75) is 57.9 Å². The van der Waals surface area contributed by atoms with Crippen LogP contribution < -0.4 is 5.32 Å². The summed E-state index contributed by atoms with van der Waals surface area (Å²) in [7, 11) is 0. The van der Waals surface area contributed by atoms with Gasteiger partial charge in [-0.2, -0.15) is 11.8 Å². The van der Waals surface area contributed by atoms with E-state index in [1.54, 1.807) is 0 Å². The Hall–Kier alpha value is -0.0600. The van der Waals surface area contributed by atoms with Gasteiger partial charge in [-0.1, -0.05) is 13.3 Å². The van der Waals surface area contributed by atoms with Crippen LogP contribution in [-0.2, 0) is 6.54 Å². The van der Waals surface area contributed by atoms with Crippen LogP contribution in [0.1, 0.15) is 41.8 Å². The number of rotatable bonds is 5. The van der Waals surface area contributed by atoms with Gasteiger partial charge in [-0.15, -0.1) is 11.3 Å². The molecule has 17 heavy (non-hydrogen) atoms. The van der Waals surface area contributed by atoms with Gasteiger partial charge >= 0.3 is 0 Å². The smallest absolute Gasteiger partial charge is 0.107 e. The van der Waals surface area contributed by atoms with Crippen molar-refractivity contribution in [2.24, 2.45) is 0 Å². The van der Waals surface area contributed by atoms with Crippen LogP contribution in [-0.4, -0.2) is 22.0 Å². The van der Waals surface area contributed by atoms with Crippen LogP contribution in [0.4, 0.5) is 0 Å². The average Bonchev–Trinajstić information content (AvgIpc) is 2.85. The van der Waals surface area contributed by atoms with Crippen LogP contribution >= 0.6 is 23.1 Å². The highest BCUT2D eigenvalue weighted by Crippen LogP contribution is 2.30. The highest BCUT2D eigenvalue weighted by atomic mass is 32.2. The third-order valence-electron chi connectivity index (χ3n) is 3.42. The van der Waals surface area contributed by atoms with Gasteiger partial charge in [0, 0.05) is 22.7 Å². The minimum absolute atomic E-state index is 0.699. The molecule has 1 aliphatic rings. The van der Waals surface area contributed by atoms with E-state index >= 15 is 0 Å². The molecule has 1 heterocycles. The Morgan fingerprint density at radius 2 is 2.24 bits per heavy atom. The lowest BCUT2D eigenvalue weighted by molar-refractivity contribution is 0.531. The zero-order valence-electron chi connectivity index (χ0n) is 11.0. The second-order valence-corrected chi connectivity index (χ2v) is 7.47. The molecule has 2 atom stereocenters. The van der Waals surface area contributed by atoms with Gasteiger partial charge in [-0.3, -0.25) is 0 Å². The van der Waals surface area contributed by atoms with Crippen LogP contribution in [0.5, 0.6) is 0 Å². The molecule has 0 amide bonds. The molecule has 2 nitrogen and oxygen atoms in total. The van der Waals surface area contributed by atoms with E-state index in [9.17, 15) is 0 Å². The minimum Gasteiger partial charge on any atom is -0.307 e. The molecule has 0 aromatic carbocycles. The molecule has 2 rings (SSSR count). The lowest BCUT2D eigenvalue weighted by Crippen LogP contribution is -2.33. The number of thiazole rings is 1. The maximum Gasteiger partial charge on any atom is 0.107 e. The molecule has 0 aliphatic heterocycles. The van der Waals surface area contributed by atoms with E-state index in [1.807, 2.05) is 11.3 Å². The van der Waals surface area contributed by atoms with Crippen molar-refractivity contribution < 1.29 is 0 Å². The molecule has 1 aromatic rings. The number of hydrogen-bond acceptors (Lipinski definition) is 4. The first kappa shape index (κ1) is 13.4. The van der Waals surface area contributed by atoms with E-state index in [1.165, 1.54) is 40.6 Å². The number of aryl methyl sites for hydroxylation is 2. The molecule has 1 saturated carbocycles. The van der Waals surface area contributed by atoms with Crippen molar-refractivity contribution in [2.75, 3.05) is 5.75 Å². The predicted molar refractivity (Wildman–Crippen MR) is 78.0 cm³/mol. The molecular formula is C13H22N2S2. The minimum atomic E-state index is 0.699. The Labute approximate surface area is 113 Å². The van der Waals surface area contributed by atoms with Crippen LogP contribution in [0.2, 0.25) is 0 Å². The fraction of sp³-hybridized carbons (Fsp3) is 0.769. The fourth-order valence-electron chi connectivity index (χ4n) is 2.41. The van der Waals surface area contributed by atoms with Gasteiger partial charge in [0.15, 0.2) is 0 Å². The van der Waals surface area contributed by atoms with E-state index in [0.29, 0.717) is 6.04 Å². The second-order valence-electron chi connectivity index (χ2n) is 4.66. The van der Waals surface area contributed by atoms with E-state index in [2.05, 4.69) is 42.8 Å². The number of thioether (sulfide) groups is 1. The van der Waals surface area contributed by atoms with Crippen LogP contribution in [0, 0.1) is 13.8 Å². The second kappa shape index (κ2) is 6.21. The molecular weight excluding hydrogens is 248 g/mol. The zero-order valence-corrected chi connectivity index (χ0v) is 12.6. The maximum absolute atomic E-state index is 4.59. The molecule has 96 valence electrons. The van der Waals surface area contributed by atoms with Crippen molar-refractivity contribution in [3.05, 3.63) is 15.6 Å². The zero-order chi connectivity index (χ0) is 12.3. The third kappa shape index (κ3) is 3.46. The molecule has 0 spiro atoms. The lowest BCUT2D eigenvalue weighted by Gasteiger charge is -2.19. The van der Waals surface area contributed by atoms with Crippen LogP contribution in [0.25, 0.3) is 0 Å². The van der Waals surface area contributed by atoms with Crippen molar-refractivity contribution >= 4 is 23.1 Å². The summed E-state index contributed by atoms with van der Waals surface area (Å²) in [5.74, 6) is 1.23. The molecule has 0 bridgehead atoms. The summed E-state index contributed by atoms with van der Waals surface area (Å²) in [6.45, 7) is 7.46. The topological polar surface area (TPSA) is 24.9 Å². The largest absolute Gasteiger partial charge is 0.307 e. The van der Waals surface area contributed by atoms with E-state index < -0.39 is 0 Å². The van der Waals surface area contributed by atoms with Crippen molar-refractivity contribution in [1.29, 1.82) is 0 Å². The predicted octanol–water partition coefficient (Wildman–Crippen LogP) is 3.52. The molecule has 4 heteroatoms. The van der Waals surface area contributed by atoms with Crippen molar-refractivity contribution in [3.8, 4) is 0 Å². The summed E-state index contributed by atoms with van der Waals surface area (Å²) < 4.78 is 0. The molecule has 1 aliphatic carbocycles.